The molecule has 5 nitrogen and oxygen atoms in total. The first-order chi connectivity index (χ1) is 10.6. The van der Waals surface area contributed by atoms with Gasteiger partial charge >= 0.3 is 0 Å². The summed E-state index contributed by atoms with van der Waals surface area (Å²) in [5.41, 5.74) is 6.76. The van der Waals surface area contributed by atoms with Crippen molar-refractivity contribution in [3.63, 3.8) is 0 Å². The number of benzene rings is 1. The SMILES string of the molecule is NC(=O)COc1ccccc1C(=O)N1CCc2sccc2C1. The number of hydrogen-bond donors (Lipinski definition) is 1. The second-order valence-electron chi connectivity index (χ2n) is 5.10. The van der Waals surface area contributed by atoms with Crippen LogP contribution in [-0.4, -0.2) is 29.9 Å². The quantitative estimate of drug-likeness (QED) is 0.935. The standard InChI is InChI=1S/C16H16N2O3S/c17-15(19)10-21-13-4-2-1-3-12(13)16(20)18-7-5-14-11(9-18)6-8-22-14/h1-4,6,8H,5,7,9-10H2,(H2,17,19). The van der Waals surface area contributed by atoms with Gasteiger partial charge in [-0.15, -0.1) is 11.3 Å². The Hall–Kier alpha value is -2.34. The lowest BCUT2D eigenvalue weighted by Gasteiger charge is -2.27. The van der Waals surface area contributed by atoms with Crippen molar-refractivity contribution in [3.8, 4) is 5.75 Å². The number of carbonyl (C=O) groups is 2. The van der Waals surface area contributed by atoms with Crippen molar-refractivity contribution < 1.29 is 14.3 Å². The molecule has 0 bridgehead atoms. The summed E-state index contributed by atoms with van der Waals surface area (Å²) in [7, 11) is 0. The van der Waals surface area contributed by atoms with Crippen LogP contribution in [0.5, 0.6) is 5.75 Å². The van der Waals surface area contributed by atoms with Crippen LogP contribution in [0, 0.1) is 0 Å². The maximum absolute atomic E-state index is 12.7. The Morgan fingerprint density at radius 3 is 2.91 bits per heavy atom. The van der Waals surface area contributed by atoms with Crippen molar-refractivity contribution >= 4 is 23.2 Å². The van der Waals surface area contributed by atoms with Gasteiger partial charge in [0.1, 0.15) is 5.75 Å². The number of nitrogens with zero attached hydrogens (tertiary/aromatic N) is 1. The van der Waals surface area contributed by atoms with Crippen LogP contribution in [-0.2, 0) is 17.8 Å². The van der Waals surface area contributed by atoms with Gasteiger partial charge in [-0.25, -0.2) is 0 Å². The predicted molar refractivity (Wildman–Crippen MR) is 83.9 cm³/mol. The number of nitrogens with two attached hydrogens (primary N) is 1. The molecule has 0 fully saturated rings. The second-order valence-corrected chi connectivity index (χ2v) is 6.10. The first-order valence-corrected chi connectivity index (χ1v) is 7.88. The summed E-state index contributed by atoms with van der Waals surface area (Å²) >= 11 is 1.74. The van der Waals surface area contributed by atoms with Crippen molar-refractivity contribution in [2.45, 2.75) is 13.0 Å². The monoisotopic (exact) mass is 316 g/mol. The van der Waals surface area contributed by atoms with E-state index in [0.29, 0.717) is 24.4 Å². The fraction of sp³-hybridized carbons (Fsp3) is 0.250. The van der Waals surface area contributed by atoms with E-state index in [1.54, 1.807) is 35.6 Å². The molecule has 6 heteroatoms. The van der Waals surface area contributed by atoms with Crippen LogP contribution in [0.3, 0.4) is 0 Å². The zero-order valence-electron chi connectivity index (χ0n) is 12.0. The second kappa shape index (κ2) is 6.19. The van der Waals surface area contributed by atoms with E-state index in [4.69, 9.17) is 10.5 Å². The maximum atomic E-state index is 12.7. The summed E-state index contributed by atoms with van der Waals surface area (Å²) in [5, 5.41) is 2.06. The van der Waals surface area contributed by atoms with Crippen molar-refractivity contribution in [1.29, 1.82) is 0 Å². The zero-order valence-corrected chi connectivity index (χ0v) is 12.8. The molecule has 1 aromatic carbocycles. The van der Waals surface area contributed by atoms with Gasteiger partial charge in [0.2, 0.25) is 0 Å². The minimum absolute atomic E-state index is 0.0862. The molecule has 22 heavy (non-hydrogen) atoms. The van der Waals surface area contributed by atoms with E-state index in [1.165, 1.54) is 10.4 Å². The smallest absolute Gasteiger partial charge is 0.257 e. The van der Waals surface area contributed by atoms with Gasteiger partial charge in [0.25, 0.3) is 11.8 Å². The van der Waals surface area contributed by atoms with Gasteiger partial charge in [0, 0.05) is 18.0 Å². The number of para-hydroxylation sites is 1. The Balaban J connectivity index is 1.79. The van der Waals surface area contributed by atoms with E-state index >= 15 is 0 Å². The fourth-order valence-electron chi connectivity index (χ4n) is 2.51. The molecule has 0 atom stereocenters. The number of fused-ring (bicyclic) bond motifs is 1. The van der Waals surface area contributed by atoms with Gasteiger partial charge in [-0.1, -0.05) is 12.1 Å². The van der Waals surface area contributed by atoms with Gasteiger partial charge in [0.15, 0.2) is 6.61 Å². The Bertz CT molecular complexity index is 711. The minimum Gasteiger partial charge on any atom is -0.483 e. The Morgan fingerprint density at radius 1 is 1.27 bits per heavy atom. The van der Waals surface area contributed by atoms with Gasteiger partial charge in [0.05, 0.1) is 5.56 Å². The number of carbonyl (C=O) groups excluding carboxylic acids is 2. The Kier molecular flexibility index (Phi) is 4.11. The van der Waals surface area contributed by atoms with Crippen molar-refractivity contribution in [2.24, 2.45) is 5.73 Å². The van der Waals surface area contributed by atoms with E-state index in [9.17, 15) is 9.59 Å². The number of hydrogen-bond acceptors (Lipinski definition) is 4. The highest BCUT2D eigenvalue weighted by Gasteiger charge is 2.24. The number of primary amides is 1. The van der Waals surface area contributed by atoms with Crippen LogP contribution in [0.1, 0.15) is 20.8 Å². The molecule has 0 saturated heterocycles. The molecule has 0 radical (unpaired) electrons. The molecule has 3 rings (SSSR count). The average Bonchev–Trinajstić information content (AvgIpc) is 3.00. The molecule has 2 heterocycles. The van der Waals surface area contributed by atoms with Crippen LogP contribution >= 0.6 is 11.3 Å². The lowest BCUT2D eigenvalue weighted by atomic mass is 10.1. The van der Waals surface area contributed by atoms with Gasteiger partial charge < -0.3 is 15.4 Å². The van der Waals surface area contributed by atoms with Gasteiger partial charge in [-0.3, -0.25) is 9.59 Å². The Labute approximate surface area is 132 Å². The molecule has 1 aromatic heterocycles. The van der Waals surface area contributed by atoms with Crippen LogP contribution < -0.4 is 10.5 Å². The molecule has 0 spiro atoms. The lowest BCUT2D eigenvalue weighted by Crippen LogP contribution is -2.35. The average molecular weight is 316 g/mol. The van der Waals surface area contributed by atoms with Crippen LogP contribution in [0.2, 0.25) is 0 Å². The normalized spacial score (nSPS) is 13.5. The van der Waals surface area contributed by atoms with Crippen LogP contribution in [0.25, 0.3) is 0 Å². The van der Waals surface area contributed by atoms with E-state index in [1.807, 2.05) is 4.90 Å². The third kappa shape index (κ3) is 2.96. The molecular weight excluding hydrogens is 300 g/mol. The fourth-order valence-corrected chi connectivity index (χ4v) is 3.40. The summed E-state index contributed by atoms with van der Waals surface area (Å²) in [5.74, 6) is -0.262. The summed E-state index contributed by atoms with van der Waals surface area (Å²) in [6.07, 6.45) is 0.878. The highest BCUT2D eigenvalue weighted by Crippen LogP contribution is 2.27. The number of thiophene rings is 1. The first kappa shape index (κ1) is 14.6. The van der Waals surface area contributed by atoms with E-state index in [-0.39, 0.29) is 12.5 Å². The van der Waals surface area contributed by atoms with Crippen molar-refractivity contribution in [1.82, 2.24) is 4.90 Å². The highest BCUT2D eigenvalue weighted by molar-refractivity contribution is 7.10. The summed E-state index contributed by atoms with van der Waals surface area (Å²) in [4.78, 5) is 26.8. The third-order valence-corrected chi connectivity index (χ3v) is 4.61. The molecule has 1 aliphatic rings. The minimum atomic E-state index is -0.567. The summed E-state index contributed by atoms with van der Waals surface area (Å²) in [6.45, 7) is 1.07. The molecule has 0 aliphatic carbocycles. The highest BCUT2D eigenvalue weighted by atomic mass is 32.1. The lowest BCUT2D eigenvalue weighted by molar-refractivity contribution is -0.119. The van der Waals surface area contributed by atoms with Crippen LogP contribution in [0.15, 0.2) is 35.7 Å². The Morgan fingerprint density at radius 2 is 2.09 bits per heavy atom. The molecular formula is C16H16N2O3S. The van der Waals surface area contributed by atoms with Crippen molar-refractivity contribution in [2.75, 3.05) is 13.2 Å². The number of ether oxygens (including phenoxy) is 1. The molecule has 1 aliphatic heterocycles. The summed E-state index contributed by atoms with van der Waals surface area (Å²) in [6, 6.07) is 9.00. The third-order valence-electron chi connectivity index (χ3n) is 3.58. The largest absolute Gasteiger partial charge is 0.483 e. The maximum Gasteiger partial charge on any atom is 0.257 e. The number of rotatable bonds is 4. The topological polar surface area (TPSA) is 72.6 Å². The van der Waals surface area contributed by atoms with Gasteiger partial charge in [-0.05, 0) is 35.6 Å². The van der Waals surface area contributed by atoms with Crippen molar-refractivity contribution in [3.05, 3.63) is 51.7 Å². The van der Waals surface area contributed by atoms with Gasteiger partial charge in [-0.2, -0.15) is 0 Å². The molecule has 0 saturated carbocycles. The molecule has 2 N–H and O–H groups in total. The predicted octanol–water partition coefficient (Wildman–Crippen LogP) is 1.81. The molecule has 2 amide bonds. The number of amides is 2. The summed E-state index contributed by atoms with van der Waals surface area (Å²) < 4.78 is 5.35. The zero-order chi connectivity index (χ0) is 15.5. The molecule has 114 valence electrons. The first-order valence-electron chi connectivity index (χ1n) is 7.00. The van der Waals surface area contributed by atoms with E-state index in [0.717, 1.165) is 6.42 Å². The van der Waals surface area contributed by atoms with E-state index < -0.39 is 5.91 Å². The van der Waals surface area contributed by atoms with E-state index in [2.05, 4.69) is 11.4 Å². The molecule has 0 unspecified atom stereocenters. The molecule has 2 aromatic rings. The van der Waals surface area contributed by atoms with Crippen LogP contribution in [0.4, 0.5) is 0 Å².